The molecule has 1 fully saturated rings. The Hall–Kier alpha value is -0.330. The third kappa shape index (κ3) is 17.7. The fourth-order valence-corrected chi connectivity index (χ4v) is 1.06. The van der Waals surface area contributed by atoms with Gasteiger partial charge in [-0.2, -0.15) is 0 Å². The topological polar surface area (TPSA) is 17.1 Å². The lowest BCUT2D eigenvalue weighted by Crippen LogP contribution is -1.85. The first-order valence-electron chi connectivity index (χ1n) is 4.81. The minimum atomic E-state index is 0.750. The van der Waals surface area contributed by atoms with Crippen LogP contribution in [0.5, 0.6) is 0 Å². The van der Waals surface area contributed by atoms with Crippen LogP contribution in [0.4, 0.5) is 0 Å². The van der Waals surface area contributed by atoms with Gasteiger partial charge in [-0.1, -0.05) is 52.4 Å². The molecule has 1 saturated carbocycles. The van der Waals surface area contributed by atoms with Crippen LogP contribution in [-0.4, -0.2) is 6.29 Å². The summed E-state index contributed by atoms with van der Waals surface area (Å²) in [5.74, 6) is 0. The van der Waals surface area contributed by atoms with E-state index in [2.05, 4.69) is 0 Å². The number of carbonyl (C=O) groups is 1. The van der Waals surface area contributed by atoms with Crippen molar-refractivity contribution in [3.63, 3.8) is 0 Å². The van der Waals surface area contributed by atoms with Crippen LogP contribution in [0.2, 0.25) is 0 Å². The standard InChI is InChI=1S/C6H12.C2H4O.C2H6/c1-2-4-6-5-3-1;1-2-3;1-2/h1-6H2;2H,1H3;1-2H3. The molecule has 0 spiro atoms. The van der Waals surface area contributed by atoms with Crippen molar-refractivity contribution in [2.24, 2.45) is 0 Å². The van der Waals surface area contributed by atoms with Gasteiger partial charge in [0.1, 0.15) is 6.29 Å². The number of hydrogen-bond donors (Lipinski definition) is 0. The lowest BCUT2D eigenvalue weighted by atomic mass is 10.0. The van der Waals surface area contributed by atoms with Crippen LogP contribution in [-0.2, 0) is 4.79 Å². The van der Waals surface area contributed by atoms with E-state index in [0.29, 0.717) is 0 Å². The Labute approximate surface area is 71.2 Å². The summed E-state index contributed by atoms with van der Waals surface area (Å²) in [6.45, 7) is 5.44. The van der Waals surface area contributed by atoms with E-state index in [1.165, 1.54) is 45.4 Å². The molecule has 0 amide bonds. The molecular weight excluding hydrogens is 136 g/mol. The van der Waals surface area contributed by atoms with E-state index in [-0.39, 0.29) is 0 Å². The third-order valence-corrected chi connectivity index (χ3v) is 1.50. The average molecular weight is 158 g/mol. The van der Waals surface area contributed by atoms with Gasteiger partial charge in [-0.15, -0.1) is 0 Å². The van der Waals surface area contributed by atoms with E-state index in [4.69, 9.17) is 4.79 Å². The van der Waals surface area contributed by atoms with Crippen LogP contribution < -0.4 is 0 Å². The molecule has 0 aromatic rings. The predicted molar refractivity (Wildman–Crippen MR) is 50.8 cm³/mol. The molecule has 0 aliphatic heterocycles. The van der Waals surface area contributed by atoms with Gasteiger partial charge in [-0.05, 0) is 6.92 Å². The maximum Gasteiger partial charge on any atom is 0.116 e. The number of carbonyl (C=O) groups excluding carboxylic acids is 1. The van der Waals surface area contributed by atoms with Crippen LogP contribution in [0, 0.1) is 0 Å². The molecule has 0 heterocycles. The molecule has 11 heavy (non-hydrogen) atoms. The van der Waals surface area contributed by atoms with Crippen molar-refractivity contribution in [2.45, 2.75) is 59.3 Å². The summed E-state index contributed by atoms with van der Waals surface area (Å²) in [5.41, 5.74) is 0. The maximum atomic E-state index is 8.81. The lowest BCUT2D eigenvalue weighted by molar-refractivity contribution is -0.106. The first-order valence-corrected chi connectivity index (χ1v) is 4.81. The fourth-order valence-electron chi connectivity index (χ4n) is 1.06. The molecule has 0 atom stereocenters. The molecule has 1 rings (SSSR count). The summed E-state index contributed by atoms with van der Waals surface area (Å²) in [7, 11) is 0. The molecule has 0 unspecified atom stereocenters. The summed E-state index contributed by atoms with van der Waals surface area (Å²) in [4.78, 5) is 8.81. The van der Waals surface area contributed by atoms with Gasteiger partial charge < -0.3 is 4.79 Å². The van der Waals surface area contributed by atoms with Crippen molar-refractivity contribution in [3.8, 4) is 0 Å². The average Bonchev–Trinajstić information content (AvgIpc) is 2.12. The summed E-state index contributed by atoms with van der Waals surface area (Å²) < 4.78 is 0. The van der Waals surface area contributed by atoms with E-state index in [1.807, 2.05) is 13.8 Å². The number of hydrogen-bond acceptors (Lipinski definition) is 1. The van der Waals surface area contributed by atoms with Gasteiger partial charge in [0.05, 0.1) is 0 Å². The Morgan fingerprint density at radius 1 is 0.818 bits per heavy atom. The molecule has 0 aromatic carbocycles. The normalized spacial score (nSPS) is 14.8. The third-order valence-electron chi connectivity index (χ3n) is 1.50. The molecule has 1 heteroatoms. The van der Waals surface area contributed by atoms with Crippen molar-refractivity contribution < 1.29 is 4.79 Å². The molecule has 1 nitrogen and oxygen atoms in total. The Kier molecular flexibility index (Phi) is 19.7. The zero-order valence-electron chi connectivity index (χ0n) is 8.23. The number of aldehydes is 1. The summed E-state index contributed by atoms with van der Waals surface area (Å²) in [6, 6.07) is 0. The van der Waals surface area contributed by atoms with Crippen LogP contribution in [0.3, 0.4) is 0 Å². The first-order chi connectivity index (χ1) is 5.41. The Morgan fingerprint density at radius 2 is 0.909 bits per heavy atom. The summed E-state index contributed by atoms with van der Waals surface area (Å²) in [6.07, 6.45) is 9.75. The van der Waals surface area contributed by atoms with E-state index < -0.39 is 0 Å². The minimum Gasteiger partial charge on any atom is -0.304 e. The van der Waals surface area contributed by atoms with Crippen LogP contribution in [0.25, 0.3) is 0 Å². The highest BCUT2D eigenvalue weighted by molar-refractivity contribution is 5.44. The predicted octanol–water partition coefficient (Wildman–Crippen LogP) is 3.57. The van der Waals surface area contributed by atoms with Crippen LogP contribution >= 0.6 is 0 Å². The van der Waals surface area contributed by atoms with E-state index in [0.717, 1.165) is 6.29 Å². The van der Waals surface area contributed by atoms with E-state index in [9.17, 15) is 0 Å². The van der Waals surface area contributed by atoms with Crippen molar-refractivity contribution in [3.05, 3.63) is 0 Å². The minimum absolute atomic E-state index is 0.750. The Bertz CT molecular complexity index is 44.4. The first kappa shape index (κ1) is 13.3. The van der Waals surface area contributed by atoms with Crippen LogP contribution in [0.1, 0.15) is 59.3 Å². The second-order valence-electron chi connectivity index (χ2n) is 2.36. The summed E-state index contributed by atoms with van der Waals surface area (Å²) >= 11 is 0. The molecule has 0 radical (unpaired) electrons. The molecule has 0 bridgehead atoms. The molecule has 0 N–H and O–H groups in total. The molecule has 68 valence electrons. The highest BCUT2D eigenvalue weighted by Crippen LogP contribution is 2.15. The zero-order chi connectivity index (χ0) is 8.95. The SMILES string of the molecule is C1CCCCC1.CC.CC=O. The molecule has 0 saturated heterocycles. The van der Waals surface area contributed by atoms with Gasteiger partial charge in [0.2, 0.25) is 0 Å². The van der Waals surface area contributed by atoms with Gasteiger partial charge in [-0.25, -0.2) is 0 Å². The quantitative estimate of drug-likeness (QED) is 0.492. The van der Waals surface area contributed by atoms with Crippen molar-refractivity contribution in [1.29, 1.82) is 0 Å². The number of rotatable bonds is 0. The maximum absolute atomic E-state index is 8.81. The second kappa shape index (κ2) is 16.3. The summed E-state index contributed by atoms with van der Waals surface area (Å²) in [5, 5.41) is 0. The van der Waals surface area contributed by atoms with Crippen molar-refractivity contribution in [2.75, 3.05) is 0 Å². The smallest absolute Gasteiger partial charge is 0.116 e. The van der Waals surface area contributed by atoms with Gasteiger partial charge in [0, 0.05) is 0 Å². The molecular formula is C10H22O. The Morgan fingerprint density at radius 3 is 1.00 bits per heavy atom. The molecule has 1 aliphatic carbocycles. The second-order valence-corrected chi connectivity index (χ2v) is 2.36. The van der Waals surface area contributed by atoms with Crippen molar-refractivity contribution >= 4 is 6.29 Å². The van der Waals surface area contributed by atoms with Crippen LogP contribution in [0.15, 0.2) is 0 Å². The van der Waals surface area contributed by atoms with Gasteiger partial charge in [0.25, 0.3) is 0 Å². The van der Waals surface area contributed by atoms with E-state index in [1.54, 1.807) is 0 Å². The van der Waals surface area contributed by atoms with Crippen molar-refractivity contribution in [1.82, 2.24) is 0 Å². The van der Waals surface area contributed by atoms with E-state index >= 15 is 0 Å². The lowest BCUT2D eigenvalue weighted by Gasteiger charge is -2.05. The fraction of sp³-hybridized carbons (Fsp3) is 0.900. The molecule has 0 aromatic heterocycles. The zero-order valence-corrected chi connectivity index (χ0v) is 8.23. The van der Waals surface area contributed by atoms with Gasteiger partial charge in [-0.3, -0.25) is 0 Å². The highest BCUT2D eigenvalue weighted by atomic mass is 16.1. The monoisotopic (exact) mass is 158 g/mol. The van der Waals surface area contributed by atoms with Gasteiger partial charge in [0.15, 0.2) is 0 Å². The highest BCUT2D eigenvalue weighted by Gasteiger charge is 1.95. The molecule has 1 aliphatic rings. The largest absolute Gasteiger partial charge is 0.304 e. The van der Waals surface area contributed by atoms with Gasteiger partial charge >= 0.3 is 0 Å². The Balaban J connectivity index is 0.